The van der Waals surface area contributed by atoms with Crippen LogP contribution in [0, 0.1) is 13.8 Å². The highest BCUT2D eigenvalue weighted by molar-refractivity contribution is 7.90. The summed E-state index contributed by atoms with van der Waals surface area (Å²) in [5.41, 5.74) is 7.45. The summed E-state index contributed by atoms with van der Waals surface area (Å²) in [6.07, 6.45) is 0.497. The van der Waals surface area contributed by atoms with Crippen molar-refractivity contribution in [2.75, 3.05) is 31.9 Å². The van der Waals surface area contributed by atoms with Crippen LogP contribution in [0.1, 0.15) is 22.3 Å². The first-order chi connectivity index (χ1) is 29.1. The largest absolute Gasteiger partial charge is 0.333 e. The van der Waals surface area contributed by atoms with Gasteiger partial charge in [-0.05, 0) is 153 Å². The number of carbonyl (C=O) groups excluding carboxylic acids is 2. The zero-order chi connectivity index (χ0) is 43.6. The van der Waals surface area contributed by atoms with E-state index >= 15 is 0 Å². The van der Waals surface area contributed by atoms with E-state index in [-0.39, 0.29) is 9.79 Å². The second-order valence-electron chi connectivity index (χ2n) is 13.6. The molecule has 0 aromatic heterocycles. The van der Waals surface area contributed by atoms with Crippen molar-refractivity contribution in [3.05, 3.63) is 168 Å². The van der Waals surface area contributed by atoms with Gasteiger partial charge in [-0.15, -0.1) is 0 Å². The van der Waals surface area contributed by atoms with Crippen LogP contribution in [-0.2, 0) is 26.5 Å². The molecule has 18 heteroatoms. The maximum Gasteiger partial charge on any atom is 0.333 e. The highest BCUT2D eigenvalue weighted by Crippen LogP contribution is 2.20. The quantitative estimate of drug-likeness (QED) is 0.0546. The van der Waals surface area contributed by atoms with Crippen molar-refractivity contribution in [3.63, 3.8) is 0 Å². The van der Waals surface area contributed by atoms with Crippen molar-refractivity contribution in [2.45, 2.75) is 30.1 Å². The van der Waals surface area contributed by atoms with Gasteiger partial charge in [0, 0.05) is 34.1 Å². The van der Waals surface area contributed by atoms with Gasteiger partial charge >= 0.3 is 12.1 Å². The van der Waals surface area contributed by atoms with E-state index in [2.05, 4.69) is 31.9 Å². The minimum atomic E-state index is -4.18. The van der Waals surface area contributed by atoms with Gasteiger partial charge in [0.05, 0.1) is 9.79 Å². The topological polar surface area (TPSA) is 199 Å². The van der Waals surface area contributed by atoms with Crippen LogP contribution in [0.3, 0.4) is 0 Å². The molecule has 0 fully saturated rings. The van der Waals surface area contributed by atoms with Gasteiger partial charge in [0.15, 0.2) is 10.2 Å². The minimum Gasteiger partial charge on any atom is -0.332 e. The second-order valence-corrected chi connectivity index (χ2v) is 17.8. The normalized spacial score (nSPS) is 11.0. The molecule has 0 radical (unpaired) electrons. The van der Waals surface area contributed by atoms with Gasteiger partial charge < -0.3 is 31.9 Å². The van der Waals surface area contributed by atoms with Gasteiger partial charge in [-0.2, -0.15) is 0 Å². The van der Waals surface area contributed by atoms with Gasteiger partial charge in [0.25, 0.3) is 20.0 Å². The molecule has 0 saturated heterocycles. The van der Waals surface area contributed by atoms with Crippen LogP contribution in [0.2, 0.25) is 0 Å². The van der Waals surface area contributed by atoms with E-state index < -0.39 is 32.1 Å². The van der Waals surface area contributed by atoms with E-state index in [9.17, 15) is 26.4 Å². The van der Waals surface area contributed by atoms with Crippen molar-refractivity contribution >= 4 is 101 Å². The lowest BCUT2D eigenvalue weighted by atomic mass is 10.0. The van der Waals surface area contributed by atoms with Crippen molar-refractivity contribution in [1.29, 1.82) is 0 Å². The third-order valence-corrected chi connectivity index (χ3v) is 11.9. The number of rotatable bonds is 12. The summed E-state index contributed by atoms with van der Waals surface area (Å²) in [6.45, 7) is 3.96. The van der Waals surface area contributed by atoms with Gasteiger partial charge in [-0.25, -0.2) is 35.9 Å². The number of sulfonamides is 2. The van der Waals surface area contributed by atoms with Gasteiger partial charge in [-0.1, -0.05) is 59.7 Å². The predicted octanol–water partition coefficient (Wildman–Crippen LogP) is 8.53. The third kappa shape index (κ3) is 13.1. The van der Waals surface area contributed by atoms with Crippen LogP contribution < -0.4 is 41.3 Å². The number of urea groups is 2. The fourth-order valence-electron chi connectivity index (χ4n) is 5.62. The van der Waals surface area contributed by atoms with Gasteiger partial charge in [0.2, 0.25) is 0 Å². The Bertz CT molecular complexity index is 2560. The monoisotopic (exact) mass is 892 g/mol. The van der Waals surface area contributed by atoms with Crippen LogP contribution in [0.4, 0.5) is 43.7 Å². The Hall–Kier alpha value is -6.86. The lowest BCUT2D eigenvalue weighted by Crippen LogP contribution is -2.34. The molecule has 312 valence electrons. The molecule has 0 aliphatic carbocycles. The first-order valence-electron chi connectivity index (χ1n) is 18.4. The Morgan fingerprint density at radius 3 is 0.934 bits per heavy atom. The summed E-state index contributed by atoms with van der Waals surface area (Å²) in [7, 11) is -8.36. The lowest BCUT2D eigenvalue weighted by molar-refractivity contribution is 0.255. The molecule has 0 heterocycles. The summed E-state index contributed by atoms with van der Waals surface area (Å²) in [4.78, 5) is 25.0. The number of aryl methyl sites for hydroxylation is 2. The molecule has 0 atom stereocenters. The molecule has 0 saturated carbocycles. The molecular formula is C43H40N8O6S4. The summed E-state index contributed by atoms with van der Waals surface area (Å²) >= 11 is 10.7. The Kier molecular flexibility index (Phi) is 14.0. The zero-order valence-electron chi connectivity index (χ0n) is 32.6. The molecule has 0 spiro atoms. The molecule has 14 nitrogen and oxygen atoms in total. The van der Waals surface area contributed by atoms with Crippen molar-refractivity contribution < 1.29 is 26.4 Å². The summed E-state index contributed by atoms with van der Waals surface area (Å²) < 4.78 is 55.6. The average Bonchev–Trinajstić information content (AvgIpc) is 3.21. The number of nitrogens with one attached hydrogen (secondary N) is 8. The molecule has 0 aliphatic heterocycles. The first kappa shape index (κ1) is 43.7. The molecule has 0 bridgehead atoms. The fourth-order valence-corrected chi connectivity index (χ4v) is 7.90. The number of anilines is 6. The Morgan fingerprint density at radius 1 is 0.393 bits per heavy atom. The van der Waals surface area contributed by atoms with Crippen LogP contribution >= 0.6 is 24.4 Å². The molecule has 61 heavy (non-hydrogen) atoms. The third-order valence-electron chi connectivity index (χ3n) is 8.75. The van der Waals surface area contributed by atoms with Crippen LogP contribution in [0.15, 0.2) is 155 Å². The highest BCUT2D eigenvalue weighted by atomic mass is 32.2. The Labute approximate surface area is 364 Å². The van der Waals surface area contributed by atoms with Crippen LogP contribution in [0.5, 0.6) is 0 Å². The Morgan fingerprint density at radius 2 is 0.639 bits per heavy atom. The van der Waals surface area contributed by atoms with Gasteiger partial charge in [0.1, 0.15) is 0 Å². The van der Waals surface area contributed by atoms with Crippen molar-refractivity contribution in [3.8, 4) is 0 Å². The van der Waals surface area contributed by atoms with E-state index in [1.807, 2.05) is 71.8 Å². The van der Waals surface area contributed by atoms with Crippen LogP contribution in [-0.4, -0.2) is 39.1 Å². The number of benzene rings is 6. The van der Waals surface area contributed by atoms with Crippen molar-refractivity contribution in [2.24, 2.45) is 0 Å². The summed E-state index contributed by atoms with van der Waals surface area (Å²) in [6, 6.07) is 38.7. The SMILES string of the molecule is Cc1ccc(NC(=S)Nc2ccc(S(=O)(=O)NC(=O)Nc3ccc(Cc4ccc(NC(=O)NS(=O)(=O)c5ccc(NC(=S)Nc6ccc(C)cc6)cc5)cc4)cc3)cc2)cc1. The smallest absolute Gasteiger partial charge is 0.332 e. The van der Waals surface area contributed by atoms with E-state index in [0.29, 0.717) is 39.4 Å². The molecule has 6 aromatic rings. The lowest BCUT2D eigenvalue weighted by Gasteiger charge is -2.12. The zero-order valence-corrected chi connectivity index (χ0v) is 35.9. The van der Waals surface area contributed by atoms with Gasteiger partial charge in [-0.3, -0.25) is 0 Å². The number of hydrogen-bond donors (Lipinski definition) is 8. The first-order valence-corrected chi connectivity index (χ1v) is 22.2. The number of thiocarbonyl (C=S) groups is 2. The standard InChI is InChI=1S/C43H40N8O6S4/c1-28-3-11-34(12-4-28)46-42(58)48-36-19-23-38(24-20-36)60(54,55)50-40(52)44-32-15-7-30(8-16-32)27-31-9-17-33(18-10-31)45-41(53)51-61(56,57)39-25-21-37(22-26-39)49-43(59)47-35-13-5-29(2)6-14-35/h3-26H,27H2,1-2H3,(H2,44,50,52)(H2,45,51,53)(H2,46,48,58)(H2,47,49,59). The van der Waals surface area contributed by atoms with Crippen LogP contribution in [0.25, 0.3) is 0 Å². The molecule has 0 aliphatic rings. The second kappa shape index (κ2) is 19.5. The molecular weight excluding hydrogens is 853 g/mol. The maximum atomic E-state index is 12.9. The summed E-state index contributed by atoms with van der Waals surface area (Å²) in [5, 5.41) is 17.8. The molecule has 4 amide bonds. The molecule has 0 unspecified atom stereocenters. The molecule has 6 aromatic carbocycles. The van der Waals surface area contributed by atoms with Crippen molar-refractivity contribution in [1.82, 2.24) is 9.44 Å². The minimum absolute atomic E-state index is 0.114. The number of amides is 4. The van der Waals surface area contributed by atoms with E-state index in [0.717, 1.165) is 33.6 Å². The number of hydrogen-bond acceptors (Lipinski definition) is 8. The highest BCUT2D eigenvalue weighted by Gasteiger charge is 2.19. The number of carbonyl (C=O) groups is 2. The van der Waals surface area contributed by atoms with E-state index in [1.54, 1.807) is 48.5 Å². The van der Waals surface area contributed by atoms with E-state index in [4.69, 9.17) is 24.4 Å². The average molecular weight is 893 g/mol. The van der Waals surface area contributed by atoms with E-state index in [1.165, 1.54) is 48.5 Å². The molecule has 6 rings (SSSR count). The maximum absolute atomic E-state index is 12.9. The fraction of sp³-hybridized carbons (Fsp3) is 0.0698. The molecule has 8 N–H and O–H groups in total. The summed E-state index contributed by atoms with van der Waals surface area (Å²) in [5.74, 6) is 0. The predicted molar refractivity (Wildman–Crippen MR) is 249 cm³/mol. The Balaban J connectivity index is 0.930.